The van der Waals surface area contributed by atoms with E-state index in [1.54, 1.807) is 0 Å². The van der Waals surface area contributed by atoms with Crippen LogP contribution in [0.2, 0.25) is 0 Å². The molecule has 0 bridgehead atoms. The minimum Gasteiger partial charge on any atom is -0.352 e. The van der Waals surface area contributed by atoms with E-state index < -0.39 is 0 Å². The van der Waals surface area contributed by atoms with E-state index in [0.717, 1.165) is 25.7 Å². The maximum Gasteiger partial charge on any atom is 0.234 e. The second-order valence-electron chi connectivity index (χ2n) is 5.89. The third kappa shape index (κ3) is 6.06. The largest absolute Gasteiger partial charge is 0.352 e. The Kier molecular flexibility index (Phi) is 5.96. The molecule has 1 rings (SSSR count). The molecule has 0 atom stereocenters. The fourth-order valence-electron chi connectivity index (χ4n) is 2.56. The van der Waals surface area contributed by atoms with Gasteiger partial charge in [0.05, 0.1) is 6.54 Å². The van der Waals surface area contributed by atoms with Gasteiger partial charge in [0.25, 0.3) is 0 Å². The third-order valence-electron chi connectivity index (χ3n) is 3.57. The zero-order chi connectivity index (χ0) is 12.7. The van der Waals surface area contributed by atoms with Crippen molar-refractivity contribution in [3.8, 4) is 0 Å². The lowest BCUT2D eigenvalue weighted by Gasteiger charge is -2.27. The first-order valence-electron chi connectivity index (χ1n) is 7.08. The lowest BCUT2D eigenvalue weighted by atomic mass is 9.95. The van der Waals surface area contributed by atoms with Crippen LogP contribution in [0, 0.1) is 0 Å². The molecule has 17 heavy (non-hydrogen) atoms. The van der Waals surface area contributed by atoms with Crippen molar-refractivity contribution in [1.29, 1.82) is 0 Å². The van der Waals surface area contributed by atoms with Crippen LogP contribution in [0.4, 0.5) is 0 Å². The van der Waals surface area contributed by atoms with Crippen molar-refractivity contribution in [1.82, 2.24) is 10.6 Å². The summed E-state index contributed by atoms with van der Waals surface area (Å²) < 4.78 is 0. The van der Waals surface area contributed by atoms with E-state index in [1.165, 1.54) is 19.3 Å². The molecule has 0 heterocycles. The van der Waals surface area contributed by atoms with Crippen molar-refractivity contribution in [3.63, 3.8) is 0 Å². The molecule has 1 saturated carbocycles. The Morgan fingerprint density at radius 1 is 1.24 bits per heavy atom. The highest BCUT2D eigenvalue weighted by molar-refractivity contribution is 5.78. The number of hydrogen-bond acceptors (Lipinski definition) is 2. The van der Waals surface area contributed by atoms with Gasteiger partial charge in [0.15, 0.2) is 0 Å². The van der Waals surface area contributed by atoms with E-state index in [2.05, 4.69) is 31.4 Å². The van der Waals surface area contributed by atoms with Gasteiger partial charge in [0, 0.05) is 11.6 Å². The fraction of sp³-hybridized carbons (Fsp3) is 0.929. The Morgan fingerprint density at radius 2 is 1.88 bits per heavy atom. The molecule has 0 radical (unpaired) electrons. The highest BCUT2D eigenvalue weighted by atomic mass is 16.2. The SMILES string of the molecule is CCCC(C)(C)NCC(=O)NC1CCCCC1. The molecule has 0 saturated heterocycles. The van der Waals surface area contributed by atoms with Gasteiger partial charge in [0.1, 0.15) is 0 Å². The van der Waals surface area contributed by atoms with Crippen molar-refractivity contribution in [2.45, 2.75) is 77.3 Å². The molecule has 3 heteroatoms. The van der Waals surface area contributed by atoms with Crippen molar-refractivity contribution in [2.75, 3.05) is 6.54 Å². The number of rotatable bonds is 6. The molecule has 0 spiro atoms. The van der Waals surface area contributed by atoms with Gasteiger partial charge < -0.3 is 10.6 Å². The van der Waals surface area contributed by atoms with Gasteiger partial charge in [-0.2, -0.15) is 0 Å². The summed E-state index contributed by atoms with van der Waals surface area (Å²) in [7, 11) is 0. The van der Waals surface area contributed by atoms with Crippen molar-refractivity contribution in [2.24, 2.45) is 0 Å². The Labute approximate surface area is 106 Å². The Balaban J connectivity index is 2.20. The minimum absolute atomic E-state index is 0.0681. The summed E-state index contributed by atoms with van der Waals surface area (Å²) in [4.78, 5) is 11.8. The van der Waals surface area contributed by atoms with Crippen LogP contribution >= 0.6 is 0 Å². The highest BCUT2D eigenvalue weighted by Crippen LogP contribution is 2.17. The van der Waals surface area contributed by atoms with Gasteiger partial charge >= 0.3 is 0 Å². The van der Waals surface area contributed by atoms with Gasteiger partial charge in [-0.25, -0.2) is 0 Å². The summed E-state index contributed by atoms with van der Waals surface area (Å²) in [6.45, 7) is 6.93. The smallest absolute Gasteiger partial charge is 0.234 e. The Hall–Kier alpha value is -0.570. The monoisotopic (exact) mass is 240 g/mol. The second kappa shape index (κ2) is 7.00. The van der Waals surface area contributed by atoms with Crippen LogP contribution in [-0.2, 0) is 4.79 Å². The van der Waals surface area contributed by atoms with Gasteiger partial charge in [-0.15, -0.1) is 0 Å². The summed E-state index contributed by atoms with van der Waals surface area (Å²) >= 11 is 0. The summed E-state index contributed by atoms with van der Waals surface area (Å²) in [6.07, 6.45) is 8.41. The van der Waals surface area contributed by atoms with Gasteiger partial charge in [-0.1, -0.05) is 32.6 Å². The van der Waals surface area contributed by atoms with Crippen molar-refractivity contribution in [3.05, 3.63) is 0 Å². The summed E-state index contributed by atoms with van der Waals surface area (Å²) in [5.74, 6) is 0.154. The molecule has 1 aliphatic rings. The minimum atomic E-state index is 0.0681. The molecule has 0 aromatic heterocycles. The molecule has 100 valence electrons. The fourth-order valence-corrected chi connectivity index (χ4v) is 2.56. The first-order chi connectivity index (χ1) is 8.03. The van der Waals surface area contributed by atoms with Crippen LogP contribution in [0.3, 0.4) is 0 Å². The molecular weight excluding hydrogens is 212 g/mol. The molecule has 1 fully saturated rings. The molecule has 2 N–H and O–H groups in total. The van der Waals surface area contributed by atoms with Gasteiger partial charge in [-0.3, -0.25) is 4.79 Å². The summed E-state index contributed by atoms with van der Waals surface area (Å²) in [5.41, 5.74) is 0.0681. The van der Waals surface area contributed by atoms with E-state index in [1.807, 2.05) is 0 Å². The van der Waals surface area contributed by atoms with E-state index in [-0.39, 0.29) is 11.4 Å². The van der Waals surface area contributed by atoms with Crippen LogP contribution in [0.1, 0.15) is 65.7 Å². The average Bonchev–Trinajstić information content (AvgIpc) is 2.28. The average molecular weight is 240 g/mol. The van der Waals surface area contributed by atoms with Gasteiger partial charge in [0.2, 0.25) is 5.91 Å². The Bertz CT molecular complexity index is 232. The number of hydrogen-bond donors (Lipinski definition) is 2. The lowest BCUT2D eigenvalue weighted by Crippen LogP contribution is -2.47. The normalized spacial score (nSPS) is 18.1. The van der Waals surface area contributed by atoms with Crippen molar-refractivity contribution >= 4 is 5.91 Å². The van der Waals surface area contributed by atoms with E-state index >= 15 is 0 Å². The van der Waals surface area contributed by atoms with E-state index in [9.17, 15) is 4.79 Å². The predicted octanol–water partition coefficient (Wildman–Crippen LogP) is 2.60. The van der Waals surface area contributed by atoms with Crippen LogP contribution in [0.15, 0.2) is 0 Å². The number of carbonyl (C=O) groups is 1. The molecule has 0 unspecified atom stereocenters. The van der Waals surface area contributed by atoms with Gasteiger partial charge in [-0.05, 0) is 33.1 Å². The molecule has 0 aliphatic heterocycles. The third-order valence-corrected chi connectivity index (χ3v) is 3.57. The molecule has 1 aliphatic carbocycles. The molecular formula is C14H28N2O. The maximum absolute atomic E-state index is 11.8. The first-order valence-corrected chi connectivity index (χ1v) is 7.08. The zero-order valence-electron chi connectivity index (χ0n) is 11.6. The number of nitrogens with one attached hydrogen (secondary N) is 2. The predicted molar refractivity (Wildman–Crippen MR) is 72.0 cm³/mol. The Morgan fingerprint density at radius 3 is 2.47 bits per heavy atom. The quantitative estimate of drug-likeness (QED) is 0.749. The topological polar surface area (TPSA) is 41.1 Å². The van der Waals surface area contributed by atoms with E-state index in [0.29, 0.717) is 12.6 Å². The zero-order valence-corrected chi connectivity index (χ0v) is 11.6. The van der Waals surface area contributed by atoms with Crippen LogP contribution < -0.4 is 10.6 Å². The maximum atomic E-state index is 11.8. The van der Waals surface area contributed by atoms with Crippen LogP contribution in [0.5, 0.6) is 0 Å². The summed E-state index contributed by atoms with van der Waals surface area (Å²) in [5, 5.41) is 6.47. The van der Waals surface area contributed by atoms with E-state index in [4.69, 9.17) is 0 Å². The summed E-state index contributed by atoms with van der Waals surface area (Å²) in [6, 6.07) is 0.423. The van der Waals surface area contributed by atoms with Crippen molar-refractivity contribution < 1.29 is 4.79 Å². The highest BCUT2D eigenvalue weighted by Gasteiger charge is 2.19. The first kappa shape index (κ1) is 14.5. The van der Waals surface area contributed by atoms with Crippen LogP contribution in [0.25, 0.3) is 0 Å². The number of amides is 1. The number of carbonyl (C=O) groups excluding carboxylic acids is 1. The molecule has 3 nitrogen and oxygen atoms in total. The standard InChI is InChI=1S/C14H28N2O/c1-4-10-14(2,3)15-11-13(17)16-12-8-6-5-7-9-12/h12,15H,4-11H2,1-3H3,(H,16,17). The molecule has 1 amide bonds. The second-order valence-corrected chi connectivity index (χ2v) is 5.89. The van der Waals surface area contributed by atoms with Crippen LogP contribution in [-0.4, -0.2) is 24.0 Å². The lowest BCUT2D eigenvalue weighted by molar-refractivity contribution is -0.121. The molecule has 0 aromatic carbocycles. The molecule has 0 aromatic rings.